The Hall–Kier alpha value is -4.59. The van der Waals surface area contributed by atoms with Crippen LogP contribution in [0.4, 0.5) is 24.7 Å². The summed E-state index contributed by atoms with van der Waals surface area (Å²) < 4.78 is 84.1. The predicted molar refractivity (Wildman–Crippen MR) is 215 cm³/mol. The van der Waals surface area contributed by atoms with Crippen LogP contribution in [0, 0.1) is 28.1 Å². The van der Waals surface area contributed by atoms with Crippen LogP contribution in [0.3, 0.4) is 0 Å². The minimum absolute atomic E-state index is 0.0782. The van der Waals surface area contributed by atoms with Crippen LogP contribution in [0.1, 0.15) is 68.4 Å². The molecule has 314 valence electrons. The first kappa shape index (κ1) is 43.0. The van der Waals surface area contributed by atoms with Crippen molar-refractivity contribution in [1.29, 1.82) is 5.26 Å². The number of pyridine rings is 1. The van der Waals surface area contributed by atoms with Gasteiger partial charge in [-0.2, -0.15) is 22.7 Å². The standard InChI is InChI=1S/C42H53F3N6O6S/c1-40(2)38(41(3,4)39(40)57-34-11-8-31(28-46)35(27-34)55-5)48-37(52)30-6-9-33(10-7-30)49-17-13-29(14-18-49)15-23-56-24-25-58(53,54)51-21-19-50(20-22-51)36-26-32(12-16-47-36)42(43,44)45/h6-12,16,26-27,29,38-39H,13-15,17-25H2,1-5H3,(H,48,52). The second-order valence-corrected chi connectivity index (χ2v) is 18.6. The number of aromatic nitrogens is 1. The van der Waals surface area contributed by atoms with Crippen molar-refractivity contribution in [3.8, 4) is 17.6 Å². The van der Waals surface area contributed by atoms with Crippen molar-refractivity contribution < 1.29 is 40.6 Å². The van der Waals surface area contributed by atoms with Gasteiger partial charge in [-0.25, -0.2) is 13.4 Å². The summed E-state index contributed by atoms with van der Waals surface area (Å²) in [6, 6.07) is 16.7. The maximum atomic E-state index is 13.5. The normalized spacial score (nSPS) is 21.2. The van der Waals surface area contributed by atoms with Gasteiger partial charge in [-0.05, 0) is 73.7 Å². The van der Waals surface area contributed by atoms with Gasteiger partial charge in [0.05, 0.1) is 30.6 Å². The van der Waals surface area contributed by atoms with Crippen LogP contribution in [0.15, 0.2) is 60.8 Å². The zero-order chi connectivity index (χ0) is 41.9. The van der Waals surface area contributed by atoms with E-state index in [4.69, 9.17) is 14.2 Å². The van der Waals surface area contributed by atoms with E-state index in [-0.39, 0.29) is 73.2 Å². The smallest absolute Gasteiger partial charge is 0.416 e. The Labute approximate surface area is 339 Å². The molecular weight excluding hydrogens is 774 g/mol. The van der Waals surface area contributed by atoms with E-state index in [1.807, 2.05) is 24.3 Å². The molecule has 12 nitrogen and oxygen atoms in total. The number of piperidine rings is 1. The minimum Gasteiger partial charge on any atom is -0.495 e. The second-order valence-electron chi connectivity index (χ2n) is 16.5. The van der Waals surface area contributed by atoms with Crippen molar-refractivity contribution in [3.63, 3.8) is 0 Å². The van der Waals surface area contributed by atoms with Gasteiger partial charge < -0.3 is 29.3 Å². The fourth-order valence-corrected chi connectivity index (χ4v) is 10.2. The third-order valence-electron chi connectivity index (χ3n) is 12.0. The number of methoxy groups -OCH3 is 1. The van der Waals surface area contributed by atoms with E-state index in [1.54, 1.807) is 23.1 Å². The first-order valence-electron chi connectivity index (χ1n) is 19.7. The predicted octanol–water partition coefficient (Wildman–Crippen LogP) is 6.37. The van der Waals surface area contributed by atoms with Gasteiger partial charge in [0.1, 0.15) is 29.5 Å². The number of sulfonamides is 1. The highest BCUT2D eigenvalue weighted by Gasteiger charge is 2.64. The van der Waals surface area contributed by atoms with E-state index in [1.165, 1.54) is 11.4 Å². The fraction of sp³-hybridized carbons (Fsp3) is 0.548. The lowest BCUT2D eigenvalue weighted by Crippen LogP contribution is -2.74. The highest BCUT2D eigenvalue weighted by Crippen LogP contribution is 2.55. The summed E-state index contributed by atoms with van der Waals surface area (Å²) >= 11 is 0. The summed E-state index contributed by atoms with van der Waals surface area (Å²) in [4.78, 5) is 21.5. The van der Waals surface area contributed by atoms with Crippen LogP contribution in [0.25, 0.3) is 0 Å². The number of hydrogen-bond donors (Lipinski definition) is 1. The van der Waals surface area contributed by atoms with Gasteiger partial charge in [-0.1, -0.05) is 27.7 Å². The van der Waals surface area contributed by atoms with Gasteiger partial charge in [-0.15, -0.1) is 0 Å². The molecule has 58 heavy (non-hydrogen) atoms. The molecule has 3 heterocycles. The van der Waals surface area contributed by atoms with E-state index in [9.17, 15) is 31.6 Å². The molecule has 2 saturated heterocycles. The van der Waals surface area contributed by atoms with Crippen LogP contribution in [-0.2, 0) is 20.9 Å². The molecular formula is C42H53F3N6O6S. The van der Waals surface area contributed by atoms with Gasteiger partial charge in [0.15, 0.2) is 0 Å². The number of benzene rings is 2. The lowest BCUT2D eigenvalue weighted by Gasteiger charge is -2.63. The van der Waals surface area contributed by atoms with Gasteiger partial charge >= 0.3 is 6.18 Å². The van der Waals surface area contributed by atoms with E-state index >= 15 is 0 Å². The molecule has 1 aliphatic carbocycles. The Kier molecular flexibility index (Phi) is 12.8. The summed E-state index contributed by atoms with van der Waals surface area (Å²) in [6.45, 7) is 11.4. The molecule has 0 atom stereocenters. The van der Waals surface area contributed by atoms with Gasteiger partial charge in [0.25, 0.3) is 5.91 Å². The Morgan fingerprint density at radius 3 is 2.22 bits per heavy atom. The number of anilines is 2. The number of carbonyl (C=O) groups excluding carboxylic acids is 1. The molecule has 16 heteroatoms. The number of carbonyl (C=O) groups is 1. The number of piperazine rings is 1. The summed E-state index contributed by atoms with van der Waals surface area (Å²) in [5, 5.41) is 12.6. The lowest BCUT2D eigenvalue weighted by molar-refractivity contribution is -0.164. The van der Waals surface area contributed by atoms with E-state index in [0.29, 0.717) is 35.2 Å². The lowest BCUT2D eigenvalue weighted by atomic mass is 9.49. The molecule has 6 rings (SSSR count). The Morgan fingerprint density at radius 1 is 0.931 bits per heavy atom. The average molecular weight is 827 g/mol. The van der Waals surface area contributed by atoms with E-state index < -0.39 is 21.8 Å². The van der Waals surface area contributed by atoms with E-state index in [0.717, 1.165) is 56.4 Å². The van der Waals surface area contributed by atoms with Crippen LogP contribution >= 0.6 is 0 Å². The van der Waals surface area contributed by atoms with Crippen molar-refractivity contribution >= 4 is 27.4 Å². The number of nitrogens with one attached hydrogen (secondary N) is 1. The number of nitrogens with zero attached hydrogens (tertiary/aromatic N) is 5. The Bertz CT molecular complexity index is 2040. The maximum absolute atomic E-state index is 13.5. The van der Waals surface area contributed by atoms with Crippen molar-refractivity contribution in [2.75, 3.05) is 75.1 Å². The quantitative estimate of drug-likeness (QED) is 0.183. The Morgan fingerprint density at radius 2 is 1.60 bits per heavy atom. The monoisotopic (exact) mass is 826 g/mol. The summed E-state index contributed by atoms with van der Waals surface area (Å²) in [5.41, 5.74) is 0.548. The molecule has 0 unspecified atom stereocenters. The zero-order valence-corrected chi connectivity index (χ0v) is 34.5. The molecule has 1 aromatic heterocycles. The second kappa shape index (κ2) is 17.3. The van der Waals surface area contributed by atoms with Crippen molar-refractivity contribution in [1.82, 2.24) is 14.6 Å². The number of alkyl halides is 3. The van der Waals surface area contributed by atoms with Crippen LogP contribution < -0.4 is 24.6 Å². The number of nitriles is 1. The van der Waals surface area contributed by atoms with Gasteiger partial charge in [-0.3, -0.25) is 4.79 Å². The largest absolute Gasteiger partial charge is 0.495 e. The molecule has 1 N–H and O–H groups in total. The first-order valence-corrected chi connectivity index (χ1v) is 21.3. The first-order chi connectivity index (χ1) is 27.4. The minimum atomic E-state index is -4.47. The molecule has 2 aliphatic heterocycles. The number of ether oxygens (including phenoxy) is 3. The third-order valence-corrected chi connectivity index (χ3v) is 13.8. The number of hydrogen-bond acceptors (Lipinski definition) is 10. The van der Waals surface area contributed by atoms with Crippen molar-refractivity contribution in [2.24, 2.45) is 16.7 Å². The molecule has 3 aromatic rings. The zero-order valence-electron chi connectivity index (χ0n) is 33.7. The van der Waals surface area contributed by atoms with Gasteiger partial charge in [0.2, 0.25) is 10.0 Å². The molecule has 3 fully saturated rings. The van der Waals surface area contributed by atoms with Crippen molar-refractivity contribution in [3.05, 3.63) is 77.5 Å². The topological polar surface area (TPSA) is 137 Å². The summed E-state index contributed by atoms with van der Waals surface area (Å²) in [5.74, 6) is 1.41. The molecule has 0 spiro atoms. The van der Waals surface area contributed by atoms with Gasteiger partial charge in [0, 0.05) is 86.3 Å². The molecule has 3 aliphatic rings. The SMILES string of the molecule is COc1cc(OC2C(C)(C)C(NC(=O)c3ccc(N4CCC(CCOCCS(=O)(=O)N5CCN(c6cc(C(F)(F)F)ccn6)CC5)CC4)cc3)C2(C)C)ccc1C#N. The number of rotatable bonds is 14. The highest BCUT2D eigenvalue weighted by molar-refractivity contribution is 7.89. The Balaban J connectivity index is 0.890. The van der Waals surface area contributed by atoms with Crippen LogP contribution in [-0.4, -0.2) is 101 Å². The van der Waals surface area contributed by atoms with Crippen LogP contribution in [0.2, 0.25) is 0 Å². The highest BCUT2D eigenvalue weighted by atomic mass is 32.2. The molecule has 0 radical (unpaired) electrons. The summed E-state index contributed by atoms with van der Waals surface area (Å²) in [6.07, 6.45) is -0.776. The molecule has 1 saturated carbocycles. The molecule has 1 amide bonds. The molecule has 0 bridgehead atoms. The van der Waals surface area contributed by atoms with Crippen LogP contribution in [0.5, 0.6) is 11.5 Å². The van der Waals surface area contributed by atoms with E-state index in [2.05, 4.69) is 49.0 Å². The number of halogens is 3. The van der Waals surface area contributed by atoms with Crippen molar-refractivity contribution in [2.45, 2.75) is 65.3 Å². The average Bonchev–Trinajstić information content (AvgIpc) is 3.21. The summed E-state index contributed by atoms with van der Waals surface area (Å²) in [7, 11) is -2.05. The third kappa shape index (κ3) is 9.48. The molecule has 2 aromatic carbocycles. The fourth-order valence-electron chi connectivity index (χ4n) is 8.90. The maximum Gasteiger partial charge on any atom is 0.416 e. The number of amides is 1.